The summed E-state index contributed by atoms with van der Waals surface area (Å²) in [6, 6.07) is 18.5. The van der Waals surface area contributed by atoms with Crippen LogP contribution in [-0.4, -0.2) is 11.8 Å². The average Bonchev–Trinajstić information content (AvgIpc) is 2.49. The van der Waals surface area contributed by atoms with Crippen molar-refractivity contribution in [3.63, 3.8) is 0 Å². The van der Waals surface area contributed by atoms with E-state index in [1.54, 1.807) is 30.3 Å². The first-order valence-electron chi connectivity index (χ1n) is 6.36. The number of rotatable bonds is 4. The van der Waals surface area contributed by atoms with Gasteiger partial charge in [0.2, 0.25) is 0 Å². The molecule has 2 aromatic rings. The van der Waals surface area contributed by atoms with Gasteiger partial charge in [-0.3, -0.25) is 14.9 Å². The fourth-order valence-electron chi connectivity index (χ4n) is 1.73. The number of hydrogen-bond acceptors (Lipinski definition) is 2. The fourth-order valence-corrected chi connectivity index (χ4v) is 1.73. The van der Waals surface area contributed by atoms with Crippen LogP contribution in [0.5, 0.6) is 0 Å². The summed E-state index contributed by atoms with van der Waals surface area (Å²) in [7, 11) is 0. The van der Waals surface area contributed by atoms with Crippen molar-refractivity contribution in [1.82, 2.24) is 5.32 Å². The minimum atomic E-state index is -0.408. The lowest BCUT2D eigenvalue weighted by molar-refractivity contribution is -0.115. The summed E-state index contributed by atoms with van der Waals surface area (Å²) in [5.41, 5.74) is 1.59. The minimum absolute atomic E-state index is 0.389. The van der Waals surface area contributed by atoms with Crippen LogP contribution in [0.15, 0.2) is 72.8 Å². The lowest BCUT2D eigenvalue weighted by Crippen LogP contribution is -2.28. The molecule has 0 saturated carbocycles. The molecule has 0 fully saturated rings. The minimum Gasteiger partial charge on any atom is -0.289 e. The third kappa shape index (κ3) is 4.21. The van der Waals surface area contributed by atoms with Crippen molar-refractivity contribution in [2.45, 2.75) is 6.42 Å². The van der Waals surface area contributed by atoms with Crippen molar-refractivity contribution in [2.24, 2.45) is 0 Å². The Hall–Kier alpha value is -2.68. The number of carbonyl (C=O) groups is 2. The lowest BCUT2D eigenvalue weighted by atomic mass is 10.1. The Morgan fingerprint density at radius 1 is 0.900 bits per heavy atom. The molecule has 0 atom stereocenters. The number of hydrogen-bond donors (Lipinski definition) is 1. The maximum absolute atomic E-state index is 11.7. The van der Waals surface area contributed by atoms with Crippen LogP contribution in [0.2, 0.25) is 0 Å². The van der Waals surface area contributed by atoms with Gasteiger partial charge in [-0.1, -0.05) is 54.6 Å². The molecule has 3 nitrogen and oxygen atoms in total. The van der Waals surface area contributed by atoms with E-state index in [1.165, 1.54) is 6.08 Å². The second-order valence-electron chi connectivity index (χ2n) is 4.28. The molecule has 0 spiro atoms. The monoisotopic (exact) mass is 265 g/mol. The predicted octanol–water partition coefficient (Wildman–Crippen LogP) is 2.74. The van der Waals surface area contributed by atoms with Gasteiger partial charge in [-0.2, -0.15) is 0 Å². The Morgan fingerprint density at radius 2 is 1.50 bits per heavy atom. The average molecular weight is 265 g/mol. The second kappa shape index (κ2) is 7.04. The quantitative estimate of drug-likeness (QED) is 0.864. The van der Waals surface area contributed by atoms with Crippen LogP contribution >= 0.6 is 0 Å². The molecule has 0 aliphatic carbocycles. The maximum Gasteiger partial charge on any atom is 0.258 e. The number of allylic oxidation sites excluding steroid dienone is 1. The lowest BCUT2D eigenvalue weighted by Gasteiger charge is -2.00. The second-order valence-corrected chi connectivity index (χ2v) is 4.28. The van der Waals surface area contributed by atoms with Crippen LogP contribution in [0.25, 0.3) is 0 Å². The van der Waals surface area contributed by atoms with Crippen LogP contribution in [-0.2, 0) is 11.2 Å². The summed E-state index contributed by atoms with van der Waals surface area (Å²) in [5.74, 6) is -0.797. The highest BCUT2D eigenvalue weighted by Gasteiger charge is 2.06. The molecule has 2 aromatic carbocycles. The van der Waals surface area contributed by atoms with Gasteiger partial charge in [0, 0.05) is 5.56 Å². The summed E-state index contributed by atoms with van der Waals surface area (Å²) in [6.45, 7) is 0. The Morgan fingerprint density at radius 3 is 2.15 bits per heavy atom. The Kier molecular flexibility index (Phi) is 4.84. The molecule has 0 aliphatic heterocycles. The molecule has 20 heavy (non-hydrogen) atoms. The molecule has 2 rings (SSSR count). The van der Waals surface area contributed by atoms with Crippen molar-refractivity contribution in [3.8, 4) is 0 Å². The normalized spacial score (nSPS) is 10.4. The first-order chi connectivity index (χ1) is 9.75. The third-order valence-electron chi connectivity index (χ3n) is 2.74. The Labute approximate surface area is 117 Å². The van der Waals surface area contributed by atoms with Crippen LogP contribution in [0.1, 0.15) is 15.9 Å². The van der Waals surface area contributed by atoms with Crippen LogP contribution in [0, 0.1) is 0 Å². The molecular formula is C17H15NO2. The molecule has 3 heteroatoms. The standard InChI is InChI=1S/C17H15NO2/c19-16(13-7-10-14-8-3-1-4-9-14)18-17(20)15-11-5-2-6-12-15/h1-9,11-13H,10H2,(H,18,19,20)/b13-7+. The third-order valence-corrected chi connectivity index (χ3v) is 2.74. The number of nitrogens with one attached hydrogen (secondary N) is 1. The van der Waals surface area contributed by atoms with Gasteiger partial charge in [-0.25, -0.2) is 0 Å². The summed E-state index contributed by atoms with van der Waals surface area (Å²) in [4.78, 5) is 23.3. The fraction of sp³-hybridized carbons (Fsp3) is 0.0588. The number of benzene rings is 2. The molecular weight excluding hydrogens is 250 g/mol. The molecule has 100 valence electrons. The largest absolute Gasteiger partial charge is 0.289 e. The smallest absolute Gasteiger partial charge is 0.258 e. The van der Waals surface area contributed by atoms with Crippen molar-refractivity contribution in [1.29, 1.82) is 0 Å². The first kappa shape index (κ1) is 13.7. The van der Waals surface area contributed by atoms with Crippen molar-refractivity contribution < 1.29 is 9.59 Å². The Balaban J connectivity index is 1.85. The van der Waals surface area contributed by atoms with E-state index in [1.807, 2.05) is 36.4 Å². The number of carbonyl (C=O) groups excluding carboxylic acids is 2. The topological polar surface area (TPSA) is 46.2 Å². The summed E-state index contributed by atoms with van der Waals surface area (Å²) in [6.07, 6.45) is 3.78. The molecule has 0 saturated heterocycles. The van der Waals surface area contributed by atoms with Crippen molar-refractivity contribution in [2.75, 3.05) is 0 Å². The molecule has 2 amide bonds. The van der Waals surface area contributed by atoms with Gasteiger partial charge in [0.15, 0.2) is 0 Å². The molecule has 0 aliphatic rings. The van der Waals surface area contributed by atoms with Gasteiger partial charge in [0.05, 0.1) is 0 Å². The summed E-state index contributed by atoms with van der Waals surface area (Å²) >= 11 is 0. The van der Waals surface area contributed by atoms with Gasteiger partial charge in [0.1, 0.15) is 0 Å². The van der Waals surface area contributed by atoms with E-state index in [2.05, 4.69) is 5.32 Å². The van der Waals surface area contributed by atoms with E-state index in [4.69, 9.17) is 0 Å². The van der Waals surface area contributed by atoms with Gasteiger partial charge >= 0.3 is 0 Å². The summed E-state index contributed by atoms with van der Waals surface area (Å²) in [5, 5.41) is 2.32. The zero-order valence-corrected chi connectivity index (χ0v) is 11.0. The number of imide groups is 1. The van der Waals surface area contributed by atoms with E-state index < -0.39 is 5.91 Å². The molecule has 0 unspecified atom stereocenters. The molecule has 0 bridgehead atoms. The molecule has 0 aromatic heterocycles. The van der Waals surface area contributed by atoms with E-state index >= 15 is 0 Å². The Bertz CT molecular complexity index is 603. The van der Waals surface area contributed by atoms with Gasteiger partial charge in [-0.15, -0.1) is 0 Å². The van der Waals surface area contributed by atoms with Crippen LogP contribution < -0.4 is 5.32 Å². The van der Waals surface area contributed by atoms with Crippen molar-refractivity contribution in [3.05, 3.63) is 83.9 Å². The first-order valence-corrected chi connectivity index (χ1v) is 6.36. The predicted molar refractivity (Wildman–Crippen MR) is 78.2 cm³/mol. The molecule has 0 heterocycles. The van der Waals surface area contributed by atoms with Gasteiger partial charge < -0.3 is 0 Å². The highest BCUT2D eigenvalue weighted by atomic mass is 16.2. The number of amides is 2. The van der Waals surface area contributed by atoms with E-state index in [0.29, 0.717) is 12.0 Å². The summed E-state index contributed by atoms with van der Waals surface area (Å²) < 4.78 is 0. The van der Waals surface area contributed by atoms with E-state index in [0.717, 1.165) is 5.56 Å². The molecule has 1 N–H and O–H groups in total. The highest BCUT2D eigenvalue weighted by molar-refractivity contribution is 6.07. The maximum atomic E-state index is 11.7. The molecule has 0 radical (unpaired) electrons. The SMILES string of the molecule is O=C(/C=C/Cc1ccccc1)NC(=O)c1ccccc1. The van der Waals surface area contributed by atoms with Crippen molar-refractivity contribution >= 4 is 11.8 Å². The van der Waals surface area contributed by atoms with E-state index in [9.17, 15) is 9.59 Å². The zero-order chi connectivity index (χ0) is 14.2. The van der Waals surface area contributed by atoms with Crippen LogP contribution in [0.4, 0.5) is 0 Å². The van der Waals surface area contributed by atoms with Crippen LogP contribution in [0.3, 0.4) is 0 Å². The van der Waals surface area contributed by atoms with Gasteiger partial charge in [-0.05, 0) is 30.2 Å². The van der Waals surface area contributed by atoms with Gasteiger partial charge in [0.25, 0.3) is 11.8 Å². The zero-order valence-electron chi connectivity index (χ0n) is 11.0. The highest BCUT2D eigenvalue weighted by Crippen LogP contribution is 2.00. The van der Waals surface area contributed by atoms with E-state index in [-0.39, 0.29) is 5.91 Å².